The number of hydrogen-bond acceptors (Lipinski definition) is 3. The zero-order valence-corrected chi connectivity index (χ0v) is 11.7. The van der Waals surface area contributed by atoms with E-state index in [0.717, 1.165) is 0 Å². The third-order valence-corrected chi connectivity index (χ3v) is 2.62. The highest BCUT2D eigenvalue weighted by atomic mass is 35.5. The number of pyridine rings is 1. The number of aromatic nitrogens is 1. The van der Waals surface area contributed by atoms with Gasteiger partial charge in [-0.25, -0.2) is 0 Å². The summed E-state index contributed by atoms with van der Waals surface area (Å²) in [6.07, 6.45) is 1.57. The lowest BCUT2D eigenvalue weighted by Gasteiger charge is -2.07. The molecule has 0 fully saturated rings. The number of halogens is 2. The predicted octanol–water partition coefficient (Wildman–Crippen LogP) is 3.42. The molecule has 1 amide bonds. The third-order valence-electron chi connectivity index (χ3n) is 2.31. The molecular formula is C13H12Cl2N2O2. The SMILES string of the molecule is COc1cc(NC(=O)c2ccccn2)ccc1Cl.Cl. The molecule has 1 N–H and O–H groups in total. The molecule has 0 spiro atoms. The second-order valence-corrected chi connectivity index (χ2v) is 3.93. The molecule has 2 rings (SSSR count). The van der Waals surface area contributed by atoms with Crippen LogP contribution in [0.1, 0.15) is 10.5 Å². The number of anilines is 1. The van der Waals surface area contributed by atoms with Crippen LogP contribution in [0.2, 0.25) is 5.02 Å². The number of amides is 1. The molecule has 0 saturated carbocycles. The molecule has 100 valence electrons. The van der Waals surface area contributed by atoms with Crippen molar-refractivity contribution in [2.24, 2.45) is 0 Å². The van der Waals surface area contributed by atoms with E-state index in [0.29, 0.717) is 22.2 Å². The molecule has 1 aromatic carbocycles. The lowest BCUT2D eigenvalue weighted by molar-refractivity contribution is 0.102. The number of hydrogen-bond donors (Lipinski definition) is 1. The van der Waals surface area contributed by atoms with Gasteiger partial charge in [0.1, 0.15) is 11.4 Å². The van der Waals surface area contributed by atoms with Crippen LogP contribution in [0, 0.1) is 0 Å². The van der Waals surface area contributed by atoms with Crippen molar-refractivity contribution in [3.05, 3.63) is 53.3 Å². The van der Waals surface area contributed by atoms with Crippen LogP contribution in [0.15, 0.2) is 42.6 Å². The summed E-state index contributed by atoms with van der Waals surface area (Å²) < 4.78 is 5.07. The molecule has 0 aliphatic carbocycles. The molecule has 0 aliphatic rings. The van der Waals surface area contributed by atoms with Crippen molar-refractivity contribution < 1.29 is 9.53 Å². The van der Waals surface area contributed by atoms with Gasteiger partial charge in [-0.2, -0.15) is 0 Å². The first-order chi connectivity index (χ1) is 8.70. The van der Waals surface area contributed by atoms with E-state index in [1.807, 2.05) is 0 Å². The average molecular weight is 299 g/mol. The van der Waals surface area contributed by atoms with Gasteiger partial charge >= 0.3 is 0 Å². The highest BCUT2D eigenvalue weighted by molar-refractivity contribution is 6.32. The summed E-state index contributed by atoms with van der Waals surface area (Å²) in [6.45, 7) is 0. The Morgan fingerprint density at radius 1 is 1.32 bits per heavy atom. The number of benzene rings is 1. The van der Waals surface area contributed by atoms with E-state index in [1.165, 1.54) is 7.11 Å². The third kappa shape index (κ3) is 3.84. The summed E-state index contributed by atoms with van der Waals surface area (Å²) >= 11 is 5.90. The smallest absolute Gasteiger partial charge is 0.274 e. The Morgan fingerprint density at radius 3 is 2.74 bits per heavy atom. The van der Waals surface area contributed by atoms with Crippen molar-refractivity contribution in [3.63, 3.8) is 0 Å². The highest BCUT2D eigenvalue weighted by Crippen LogP contribution is 2.27. The average Bonchev–Trinajstić information content (AvgIpc) is 2.42. The lowest BCUT2D eigenvalue weighted by atomic mass is 10.2. The monoisotopic (exact) mass is 298 g/mol. The fourth-order valence-corrected chi connectivity index (χ4v) is 1.62. The van der Waals surface area contributed by atoms with Crippen molar-refractivity contribution in [3.8, 4) is 5.75 Å². The fraction of sp³-hybridized carbons (Fsp3) is 0.0769. The number of carbonyl (C=O) groups is 1. The Morgan fingerprint density at radius 2 is 2.11 bits per heavy atom. The molecule has 0 aliphatic heterocycles. The number of methoxy groups -OCH3 is 1. The molecule has 19 heavy (non-hydrogen) atoms. The summed E-state index contributed by atoms with van der Waals surface area (Å²) in [6, 6.07) is 10.2. The van der Waals surface area contributed by atoms with Crippen molar-refractivity contribution in [1.29, 1.82) is 0 Å². The van der Waals surface area contributed by atoms with Gasteiger partial charge in [0.05, 0.1) is 12.1 Å². The Labute approximate surface area is 122 Å². The molecule has 0 radical (unpaired) electrons. The minimum absolute atomic E-state index is 0. The van der Waals surface area contributed by atoms with Gasteiger partial charge in [-0.15, -0.1) is 12.4 Å². The van der Waals surface area contributed by atoms with Gasteiger partial charge in [-0.3, -0.25) is 9.78 Å². The van der Waals surface area contributed by atoms with E-state index < -0.39 is 0 Å². The summed E-state index contributed by atoms with van der Waals surface area (Å²) in [5, 5.41) is 3.21. The molecular weight excluding hydrogens is 287 g/mol. The van der Waals surface area contributed by atoms with Gasteiger partial charge in [0.25, 0.3) is 5.91 Å². The maximum Gasteiger partial charge on any atom is 0.274 e. The standard InChI is InChI=1S/C13H11ClN2O2.ClH/c1-18-12-8-9(5-6-10(12)14)16-13(17)11-4-2-3-7-15-11;/h2-8H,1H3,(H,16,17);1H. The van der Waals surface area contributed by atoms with E-state index in [4.69, 9.17) is 16.3 Å². The van der Waals surface area contributed by atoms with Crippen LogP contribution in [-0.4, -0.2) is 18.0 Å². The van der Waals surface area contributed by atoms with Gasteiger partial charge in [-0.05, 0) is 24.3 Å². The lowest BCUT2D eigenvalue weighted by Crippen LogP contribution is -2.13. The van der Waals surface area contributed by atoms with Crippen molar-refractivity contribution in [2.45, 2.75) is 0 Å². The first kappa shape index (κ1) is 15.3. The molecule has 1 aromatic heterocycles. The molecule has 0 saturated heterocycles. The summed E-state index contributed by atoms with van der Waals surface area (Å²) in [7, 11) is 1.52. The van der Waals surface area contributed by atoms with Gasteiger partial charge in [-0.1, -0.05) is 17.7 Å². The number of rotatable bonds is 3. The summed E-state index contributed by atoms with van der Waals surface area (Å²) in [4.78, 5) is 15.8. The van der Waals surface area contributed by atoms with Crippen LogP contribution in [0.25, 0.3) is 0 Å². The van der Waals surface area contributed by atoms with E-state index in [-0.39, 0.29) is 18.3 Å². The zero-order chi connectivity index (χ0) is 13.0. The minimum atomic E-state index is -0.278. The van der Waals surface area contributed by atoms with Crippen molar-refractivity contribution >= 4 is 35.6 Å². The largest absolute Gasteiger partial charge is 0.495 e. The van der Waals surface area contributed by atoms with Crippen LogP contribution in [0.5, 0.6) is 5.75 Å². The number of carbonyl (C=O) groups excluding carboxylic acids is 1. The van der Waals surface area contributed by atoms with Crippen molar-refractivity contribution in [2.75, 3.05) is 12.4 Å². The summed E-state index contributed by atoms with van der Waals surface area (Å²) in [5.74, 6) is 0.232. The van der Waals surface area contributed by atoms with E-state index >= 15 is 0 Å². The number of nitrogens with zero attached hydrogens (tertiary/aromatic N) is 1. The molecule has 6 heteroatoms. The van der Waals surface area contributed by atoms with E-state index in [9.17, 15) is 4.79 Å². The van der Waals surface area contributed by atoms with Crippen LogP contribution in [-0.2, 0) is 0 Å². The molecule has 1 heterocycles. The van der Waals surface area contributed by atoms with Gasteiger partial charge in [0, 0.05) is 18.0 Å². The second kappa shape index (κ2) is 6.97. The maximum absolute atomic E-state index is 11.9. The molecule has 2 aromatic rings. The Bertz CT molecular complexity index is 562. The Hall–Kier alpha value is -1.78. The minimum Gasteiger partial charge on any atom is -0.495 e. The molecule has 4 nitrogen and oxygen atoms in total. The van der Waals surface area contributed by atoms with Crippen LogP contribution >= 0.6 is 24.0 Å². The molecule has 0 bridgehead atoms. The first-order valence-corrected chi connectivity index (χ1v) is 5.64. The van der Waals surface area contributed by atoms with Crippen LogP contribution in [0.4, 0.5) is 5.69 Å². The second-order valence-electron chi connectivity index (χ2n) is 3.52. The topological polar surface area (TPSA) is 51.2 Å². The van der Waals surface area contributed by atoms with Gasteiger partial charge in [0.2, 0.25) is 0 Å². The first-order valence-electron chi connectivity index (χ1n) is 5.26. The van der Waals surface area contributed by atoms with E-state index in [2.05, 4.69) is 10.3 Å². The van der Waals surface area contributed by atoms with Crippen LogP contribution in [0.3, 0.4) is 0 Å². The quantitative estimate of drug-likeness (QED) is 0.944. The van der Waals surface area contributed by atoms with E-state index in [1.54, 1.807) is 42.6 Å². The fourth-order valence-electron chi connectivity index (χ4n) is 1.43. The van der Waals surface area contributed by atoms with Crippen LogP contribution < -0.4 is 10.1 Å². The molecule has 0 atom stereocenters. The number of ether oxygens (including phenoxy) is 1. The van der Waals surface area contributed by atoms with Gasteiger partial charge < -0.3 is 10.1 Å². The Kier molecular flexibility index (Phi) is 5.60. The molecule has 0 unspecified atom stereocenters. The van der Waals surface area contributed by atoms with Crippen molar-refractivity contribution in [1.82, 2.24) is 4.98 Å². The van der Waals surface area contributed by atoms with Gasteiger partial charge in [0.15, 0.2) is 0 Å². The normalized spacial score (nSPS) is 9.37. The summed E-state index contributed by atoms with van der Waals surface area (Å²) in [5.41, 5.74) is 0.957. The zero-order valence-electron chi connectivity index (χ0n) is 10.1. The number of nitrogens with one attached hydrogen (secondary N) is 1. The Balaban J connectivity index is 0.00000180. The predicted molar refractivity (Wildman–Crippen MR) is 77.4 cm³/mol. The highest BCUT2D eigenvalue weighted by Gasteiger charge is 2.08. The maximum atomic E-state index is 11.9.